The zero-order valence-electron chi connectivity index (χ0n) is 13.5. The van der Waals surface area contributed by atoms with Crippen LogP contribution in [0.1, 0.15) is 39.9 Å². The van der Waals surface area contributed by atoms with Gasteiger partial charge in [0.05, 0.1) is 10.0 Å². The number of rotatable bonds is 4. The molecule has 25 heavy (non-hydrogen) atoms. The van der Waals surface area contributed by atoms with E-state index in [1.165, 1.54) is 41.0 Å². The molecule has 0 spiro atoms. The van der Waals surface area contributed by atoms with Gasteiger partial charge in [0, 0.05) is 11.1 Å². The lowest BCUT2D eigenvalue weighted by Gasteiger charge is -2.13. The number of fused-ring (bicyclic) bond motifs is 1. The average molecular weight is 399 g/mol. The lowest BCUT2D eigenvalue weighted by atomic mass is 9.99. The summed E-state index contributed by atoms with van der Waals surface area (Å²) in [6.07, 6.45) is 4.69. The molecule has 0 unspecified atom stereocenters. The van der Waals surface area contributed by atoms with Gasteiger partial charge >= 0.3 is 5.97 Å². The van der Waals surface area contributed by atoms with Gasteiger partial charge < -0.3 is 10.1 Å². The number of carbonyl (C=O) groups is 2. The normalized spacial score (nSPS) is 14.5. The Kier molecular flexibility index (Phi) is 5.61. The summed E-state index contributed by atoms with van der Waals surface area (Å²) in [7, 11) is 0. The van der Waals surface area contributed by atoms with E-state index in [2.05, 4.69) is 10.3 Å². The molecule has 1 N–H and O–H groups in total. The van der Waals surface area contributed by atoms with Gasteiger partial charge in [-0.05, 0) is 50.3 Å². The number of hydrogen-bond acceptors (Lipinski definition) is 5. The molecule has 8 heteroatoms. The van der Waals surface area contributed by atoms with Crippen molar-refractivity contribution < 1.29 is 14.3 Å². The van der Waals surface area contributed by atoms with Crippen molar-refractivity contribution in [3.8, 4) is 0 Å². The van der Waals surface area contributed by atoms with Crippen LogP contribution in [0.15, 0.2) is 18.3 Å². The van der Waals surface area contributed by atoms with E-state index in [4.69, 9.17) is 27.9 Å². The van der Waals surface area contributed by atoms with E-state index in [0.717, 1.165) is 25.7 Å². The van der Waals surface area contributed by atoms with Crippen molar-refractivity contribution in [1.29, 1.82) is 0 Å². The number of hydrogen-bond donors (Lipinski definition) is 1. The Bertz CT molecular complexity index is 799. The van der Waals surface area contributed by atoms with Gasteiger partial charge in [-0.1, -0.05) is 23.2 Å². The molecule has 5 nitrogen and oxygen atoms in total. The van der Waals surface area contributed by atoms with Crippen LogP contribution in [0.25, 0.3) is 0 Å². The topological polar surface area (TPSA) is 68.3 Å². The van der Waals surface area contributed by atoms with Gasteiger partial charge in [-0.25, -0.2) is 9.78 Å². The lowest BCUT2D eigenvalue weighted by Crippen LogP contribution is -2.30. The van der Waals surface area contributed by atoms with Gasteiger partial charge in [0.1, 0.15) is 4.88 Å². The Balaban J connectivity index is 1.62. The molecular formula is C17H16Cl2N2O3S. The SMILES string of the molecule is C[C@@H](OC(=O)c1cc2c(s1)CCCC2)C(=O)Nc1ncc(Cl)cc1Cl. The van der Waals surface area contributed by atoms with Crippen molar-refractivity contribution in [1.82, 2.24) is 4.98 Å². The predicted octanol–water partition coefficient (Wildman–Crippen LogP) is 4.51. The van der Waals surface area contributed by atoms with Crippen LogP contribution in [0.4, 0.5) is 5.82 Å². The minimum Gasteiger partial charge on any atom is -0.448 e. The summed E-state index contributed by atoms with van der Waals surface area (Å²) in [5.74, 6) is -0.825. The molecule has 0 aromatic carbocycles. The maximum atomic E-state index is 12.3. The highest BCUT2D eigenvalue weighted by molar-refractivity contribution is 7.14. The van der Waals surface area contributed by atoms with Crippen molar-refractivity contribution in [3.63, 3.8) is 0 Å². The first-order valence-corrected chi connectivity index (χ1v) is 9.46. The van der Waals surface area contributed by atoms with Gasteiger partial charge in [-0.15, -0.1) is 11.3 Å². The number of amides is 1. The molecule has 1 aliphatic rings. The number of thiophene rings is 1. The first-order valence-electron chi connectivity index (χ1n) is 7.88. The maximum absolute atomic E-state index is 12.3. The fourth-order valence-electron chi connectivity index (χ4n) is 2.59. The predicted molar refractivity (Wildman–Crippen MR) is 98.7 cm³/mol. The number of aryl methyl sites for hydroxylation is 2. The Morgan fingerprint density at radius 1 is 1.28 bits per heavy atom. The first-order chi connectivity index (χ1) is 11.9. The molecule has 0 aliphatic heterocycles. The molecule has 0 bridgehead atoms. The van der Waals surface area contributed by atoms with Gasteiger partial charge in [0.2, 0.25) is 0 Å². The van der Waals surface area contributed by atoms with Crippen LogP contribution in [0.3, 0.4) is 0 Å². The van der Waals surface area contributed by atoms with Crippen molar-refractivity contribution in [2.24, 2.45) is 0 Å². The number of nitrogens with one attached hydrogen (secondary N) is 1. The van der Waals surface area contributed by atoms with E-state index in [9.17, 15) is 9.59 Å². The smallest absolute Gasteiger partial charge is 0.349 e. The zero-order valence-corrected chi connectivity index (χ0v) is 15.8. The molecule has 0 fully saturated rings. The summed E-state index contributed by atoms with van der Waals surface area (Å²) in [4.78, 5) is 30.2. The highest BCUT2D eigenvalue weighted by Crippen LogP contribution is 2.30. The van der Waals surface area contributed by atoms with Crippen LogP contribution in [0, 0.1) is 0 Å². The van der Waals surface area contributed by atoms with E-state index in [1.807, 2.05) is 6.07 Å². The van der Waals surface area contributed by atoms with Crippen LogP contribution in [-0.4, -0.2) is 23.0 Å². The Hall–Kier alpha value is -1.63. The minimum absolute atomic E-state index is 0.172. The molecule has 2 aromatic heterocycles. The van der Waals surface area contributed by atoms with E-state index in [0.29, 0.717) is 9.90 Å². The summed E-state index contributed by atoms with van der Waals surface area (Å²) >= 11 is 13.2. The second-order valence-corrected chi connectivity index (χ2v) is 7.77. The molecule has 0 radical (unpaired) electrons. The molecule has 1 amide bonds. The Morgan fingerprint density at radius 2 is 2.04 bits per heavy atom. The molecule has 1 atom stereocenters. The molecule has 132 valence electrons. The highest BCUT2D eigenvalue weighted by Gasteiger charge is 2.23. The number of halogens is 2. The van der Waals surface area contributed by atoms with Crippen LogP contribution in [0.2, 0.25) is 10.0 Å². The molecule has 2 heterocycles. The van der Waals surface area contributed by atoms with Crippen LogP contribution in [0.5, 0.6) is 0 Å². The third kappa shape index (κ3) is 4.32. The van der Waals surface area contributed by atoms with Gasteiger partial charge in [0.15, 0.2) is 11.9 Å². The number of carbonyl (C=O) groups excluding carboxylic acids is 2. The van der Waals surface area contributed by atoms with E-state index in [-0.39, 0.29) is 10.8 Å². The third-order valence-electron chi connectivity index (χ3n) is 3.90. The monoisotopic (exact) mass is 398 g/mol. The van der Waals surface area contributed by atoms with E-state index >= 15 is 0 Å². The average Bonchev–Trinajstić information content (AvgIpc) is 3.01. The van der Waals surface area contributed by atoms with Gasteiger partial charge in [-0.2, -0.15) is 0 Å². The Morgan fingerprint density at radius 3 is 2.76 bits per heavy atom. The van der Waals surface area contributed by atoms with Crippen LogP contribution in [-0.2, 0) is 22.4 Å². The number of anilines is 1. The van der Waals surface area contributed by atoms with Gasteiger partial charge in [0.25, 0.3) is 5.91 Å². The van der Waals surface area contributed by atoms with Gasteiger partial charge in [-0.3, -0.25) is 4.79 Å². The number of esters is 1. The second kappa shape index (κ2) is 7.72. The quantitative estimate of drug-likeness (QED) is 0.768. The number of aromatic nitrogens is 1. The number of pyridine rings is 1. The maximum Gasteiger partial charge on any atom is 0.349 e. The molecule has 1 aliphatic carbocycles. The summed E-state index contributed by atoms with van der Waals surface area (Å²) in [6, 6.07) is 3.35. The fraction of sp³-hybridized carbons (Fsp3) is 0.353. The summed E-state index contributed by atoms with van der Waals surface area (Å²) < 4.78 is 5.27. The van der Waals surface area contributed by atoms with Crippen LogP contribution >= 0.6 is 34.5 Å². The van der Waals surface area contributed by atoms with Crippen molar-refractivity contribution in [3.05, 3.63) is 43.7 Å². The van der Waals surface area contributed by atoms with E-state index in [1.54, 1.807) is 0 Å². The lowest BCUT2D eigenvalue weighted by molar-refractivity contribution is -0.123. The summed E-state index contributed by atoms with van der Waals surface area (Å²) in [5, 5.41) is 3.11. The summed E-state index contributed by atoms with van der Waals surface area (Å²) in [6.45, 7) is 1.50. The highest BCUT2D eigenvalue weighted by atomic mass is 35.5. The van der Waals surface area contributed by atoms with E-state index < -0.39 is 18.0 Å². The molecule has 0 saturated heterocycles. The van der Waals surface area contributed by atoms with Crippen molar-refractivity contribution in [2.45, 2.75) is 38.7 Å². The standard InChI is InChI=1S/C17H16Cl2N2O3S/c1-9(16(22)21-15-12(19)7-11(18)8-20-15)24-17(23)14-6-10-4-2-3-5-13(10)25-14/h6-9H,2-5H2,1H3,(H,20,21,22)/t9-/m1/s1. The number of ether oxygens (including phenoxy) is 1. The fourth-order valence-corrected chi connectivity index (χ4v) is 4.15. The van der Waals surface area contributed by atoms with Crippen molar-refractivity contribution >= 4 is 52.2 Å². The van der Waals surface area contributed by atoms with Crippen LogP contribution < -0.4 is 5.32 Å². The van der Waals surface area contributed by atoms with Crippen molar-refractivity contribution in [2.75, 3.05) is 5.32 Å². The minimum atomic E-state index is -0.972. The molecule has 2 aromatic rings. The largest absolute Gasteiger partial charge is 0.448 e. The summed E-state index contributed by atoms with van der Waals surface area (Å²) in [5.41, 5.74) is 1.22. The molecule has 3 rings (SSSR count). The molecular weight excluding hydrogens is 383 g/mol. The third-order valence-corrected chi connectivity index (χ3v) is 5.61. The molecule has 0 saturated carbocycles. The second-order valence-electron chi connectivity index (χ2n) is 5.79. The Labute approximate surface area is 159 Å². The zero-order chi connectivity index (χ0) is 18.0. The number of nitrogens with zero attached hydrogens (tertiary/aromatic N) is 1. The first kappa shape index (κ1) is 18.2.